The molecule has 3 N–H and O–H groups in total. The molecule has 0 bridgehead atoms. The van der Waals surface area contributed by atoms with Crippen molar-refractivity contribution in [1.29, 1.82) is 0 Å². The lowest BCUT2D eigenvalue weighted by molar-refractivity contribution is 0.233. The van der Waals surface area contributed by atoms with Gasteiger partial charge in [-0.15, -0.1) is 10.2 Å². The maximum Gasteiger partial charge on any atom is 0.245 e. The number of aliphatic hydroxyl groups excluding tert-OH is 1. The molecule has 0 aliphatic rings. The van der Waals surface area contributed by atoms with Gasteiger partial charge in [0.1, 0.15) is 5.69 Å². The lowest BCUT2D eigenvalue weighted by Crippen LogP contribution is -2.36. The Morgan fingerprint density at radius 3 is 2.46 bits per heavy atom. The number of aromatic nitrogens is 3. The van der Waals surface area contributed by atoms with Crippen molar-refractivity contribution in [3.05, 3.63) is 64.1 Å². The van der Waals surface area contributed by atoms with Gasteiger partial charge >= 0.3 is 0 Å². The summed E-state index contributed by atoms with van der Waals surface area (Å²) in [5.41, 5.74) is 1.64. The van der Waals surface area contributed by atoms with Crippen LogP contribution < -0.4 is 10.6 Å². The molecule has 0 amide bonds. The van der Waals surface area contributed by atoms with Crippen LogP contribution in [0, 0.1) is 0 Å². The number of hydrogen-bond acceptors (Lipinski definition) is 6. The minimum Gasteiger partial charge on any atom is -0.394 e. The van der Waals surface area contributed by atoms with Crippen molar-refractivity contribution in [3.8, 4) is 11.3 Å². The molecule has 3 rings (SSSR count). The van der Waals surface area contributed by atoms with Crippen LogP contribution in [-0.4, -0.2) is 32.4 Å². The van der Waals surface area contributed by atoms with Crippen LogP contribution in [0.1, 0.15) is 19.4 Å². The number of benzene rings is 2. The molecular weight excluding hydrogens is 397 g/mol. The van der Waals surface area contributed by atoms with E-state index in [9.17, 15) is 5.11 Å². The van der Waals surface area contributed by atoms with Crippen LogP contribution in [0.3, 0.4) is 0 Å². The van der Waals surface area contributed by atoms with Gasteiger partial charge in [-0.3, -0.25) is 0 Å². The van der Waals surface area contributed by atoms with Gasteiger partial charge in [-0.05, 0) is 25.5 Å². The highest BCUT2D eigenvalue weighted by Crippen LogP contribution is 2.35. The summed E-state index contributed by atoms with van der Waals surface area (Å²) in [4.78, 5) is 4.56. The Hall–Kier alpha value is -2.41. The van der Waals surface area contributed by atoms with Crippen molar-refractivity contribution in [2.75, 3.05) is 17.2 Å². The molecule has 8 heteroatoms. The fraction of sp³-hybridized carbons (Fsp3) is 0.250. The quantitative estimate of drug-likeness (QED) is 0.519. The molecule has 0 atom stereocenters. The van der Waals surface area contributed by atoms with Crippen LogP contribution in [0.4, 0.5) is 11.8 Å². The normalized spacial score (nSPS) is 11.3. The van der Waals surface area contributed by atoms with Crippen molar-refractivity contribution >= 4 is 35.0 Å². The number of nitrogens with zero attached hydrogens (tertiary/aromatic N) is 3. The van der Waals surface area contributed by atoms with Crippen molar-refractivity contribution < 1.29 is 5.11 Å². The average Bonchev–Trinajstić information content (AvgIpc) is 2.69. The maximum atomic E-state index is 9.49. The average molecular weight is 418 g/mol. The molecule has 28 heavy (non-hydrogen) atoms. The zero-order valence-corrected chi connectivity index (χ0v) is 17.1. The molecular formula is C20H21Cl2N5O. The predicted octanol–water partition coefficient (Wildman–Crippen LogP) is 4.64. The molecule has 146 valence electrons. The fourth-order valence-corrected chi connectivity index (χ4v) is 2.88. The monoisotopic (exact) mass is 417 g/mol. The molecule has 0 fully saturated rings. The molecule has 0 unspecified atom stereocenters. The van der Waals surface area contributed by atoms with E-state index in [1.165, 1.54) is 0 Å². The first-order valence-corrected chi connectivity index (χ1v) is 9.51. The number of rotatable bonds is 7. The van der Waals surface area contributed by atoms with Crippen LogP contribution in [-0.2, 0) is 6.54 Å². The Labute approximate surface area is 173 Å². The minimum atomic E-state index is -0.590. The number of halogens is 2. The van der Waals surface area contributed by atoms with Gasteiger partial charge in [0.05, 0.1) is 22.2 Å². The summed E-state index contributed by atoms with van der Waals surface area (Å²) in [6.07, 6.45) is 0. The molecule has 1 aromatic heterocycles. The van der Waals surface area contributed by atoms with E-state index in [0.29, 0.717) is 39.6 Å². The van der Waals surface area contributed by atoms with Crippen molar-refractivity contribution in [1.82, 2.24) is 15.2 Å². The Kier molecular flexibility index (Phi) is 6.34. The van der Waals surface area contributed by atoms with E-state index in [1.54, 1.807) is 12.1 Å². The highest BCUT2D eigenvalue weighted by molar-refractivity contribution is 6.43. The van der Waals surface area contributed by atoms with Gasteiger partial charge in [0.25, 0.3) is 0 Å². The van der Waals surface area contributed by atoms with E-state index in [-0.39, 0.29) is 6.61 Å². The Morgan fingerprint density at radius 2 is 1.75 bits per heavy atom. The van der Waals surface area contributed by atoms with Crippen molar-refractivity contribution in [2.24, 2.45) is 0 Å². The third-order valence-electron chi connectivity index (χ3n) is 4.04. The second-order valence-corrected chi connectivity index (χ2v) is 7.73. The molecule has 0 radical (unpaired) electrons. The minimum absolute atomic E-state index is 0.0784. The molecule has 0 saturated heterocycles. The predicted molar refractivity (Wildman–Crippen MR) is 114 cm³/mol. The summed E-state index contributed by atoms with van der Waals surface area (Å²) in [7, 11) is 0. The largest absolute Gasteiger partial charge is 0.394 e. The zero-order chi connectivity index (χ0) is 20.1. The molecule has 0 spiro atoms. The van der Waals surface area contributed by atoms with Crippen LogP contribution >= 0.6 is 23.2 Å². The van der Waals surface area contributed by atoms with E-state index in [4.69, 9.17) is 23.2 Å². The Balaban J connectivity index is 1.99. The number of anilines is 2. The van der Waals surface area contributed by atoms with Gasteiger partial charge in [-0.25, -0.2) is 0 Å². The summed E-state index contributed by atoms with van der Waals surface area (Å²) in [6.45, 7) is 4.16. The van der Waals surface area contributed by atoms with Crippen molar-refractivity contribution in [3.63, 3.8) is 0 Å². The van der Waals surface area contributed by atoms with Crippen molar-refractivity contribution in [2.45, 2.75) is 25.9 Å². The van der Waals surface area contributed by atoms with Gasteiger partial charge < -0.3 is 15.7 Å². The summed E-state index contributed by atoms with van der Waals surface area (Å²) in [5.74, 6) is 0.816. The van der Waals surface area contributed by atoms with E-state index in [0.717, 1.165) is 5.56 Å². The standard InChI is InChI=1S/C20H21Cl2N5O/c1-20(2,12-28)25-19-24-18(23-11-13-7-4-3-5-8-13)17(26-27-19)14-9-6-10-15(21)16(14)22/h3-10,28H,11-12H2,1-2H3,(H2,23,24,25,27). The molecule has 3 aromatic rings. The van der Waals surface area contributed by atoms with Gasteiger partial charge in [-0.2, -0.15) is 4.98 Å². The number of nitrogens with one attached hydrogen (secondary N) is 2. The third-order valence-corrected chi connectivity index (χ3v) is 4.86. The van der Waals surface area contributed by atoms with Crippen LogP contribution in [0.25, 0.3) is 11.3 Å². The van der Waals surface area contributed by atoms with E-state index in [1.807, 2.05) is 50.2 Å². The Bertz CT molecular complexity index is 951. The maximum absolute atomic E-state index is 9.49. The second-order valence-electron chi connectivity index (χ2n) is 6.94. The van der Waals surface area contributed by atoms with Gasteiger partial charge in [0.15, 0.2) is 5.82 Å². The van der Waals surface area contributed by atoms with Gasteiger partial charge in [-0.1, -0.05) is 65.7 Å². The molecule has 0 aliphatic heterocycles. The van der Waals surface area contributed by atoms with Crippen LogP contribution in [0.2, 0.25) is 10.0 Å². The summed E-state index contributed by atoms with van der Waals surface area (Å²) < 4.78 is 0. The molecule has 6 nitrogen and oxygen atoms in total. The SMILES string of the molecule is CC(C)(CO)Nc1nnc(-c2cccc(Cl)c2Cl)c(NCc2ccccc2)n1. The van der Waals surface area contributed by atoms with E-state index >= 15 is 0 Å². The van der Waals surface area contributed by atoms with E-state index in [2.05, 4.69) is 25.8 Å². The first-order chi connectivity index (χ1) is 13.4. The lowest BCUT2D eigenvalue weighted by atomic mass is 10.1. The molecule has 0 saturated carbocycles. The molecule has 2 aromatic carbocycles. The topological polar surface area (TPSA) is 83.0 Å². The van der Waals surface area contributed by atoms with Crippen LogP contribution in [0.5, 0.6) is 0 Å². The summed E-state index contributed by atoms with van der Waals surface area (Å²) in [5, 5.41) is 25.2. The summed E-state index contributed by atoms with van der Waals surface area (Å²) in [6, 6.07) is 15.3. The second kappa shape index (κ2) is 8.73. The van der Waals surface area contributed by atoms with E-state index < -0.39 is 5.54 Å². The zero-order valence-electron chi connectivity index (χ0n) is 15.6. The molecule has 1 heterocycles. The Morgan fingerprint density at radius 1 is 1.00 bits per heavy atom. The first-order valence-electron chi connectivity index (χ1n) is 8.75. The van der Waals surface area contributed by atoms with Gasteiger partial charge in [0, 0.05) is 12.1 Å². The van der Waals surface area contributed by atoms with Gasteiger partial charge in [0.2, 0.25) is 5.95 Å². The molecule has 0 aliphatic carbocycles. The third kappa shape index (κ3) is 4.90. The number of hydrogen-bond donors (Lipinski definition) is 3. The highest BCUT2D eigenvalue weighted by Gasteiger charge is 2.20. The number of aliphatic hydroxyl groups is 1. The first kappa shape index (κ1) is 20.3. The fourth-order valence-electron chi connectivity index (χ4n) is 2.49. The smallest absolute Gasteiger partial charge is 0.245 e. The van der Waals surface area contributed by atoms with Crippen LogP contribution in [0.15, 0.2) is 48.5 Å². The lowest BCUT2D eigenvalue weighted by Gasteiger charge is -2.23. The highest BCUT2D eigenvalue weighted by atomic mass is 35.5. The summed E-state index contributed by atoms with van der Waals surface area (Å²) >= 11 is 12.5.